The second-order valence-corrected chi connectivity index (χ2v) is 3.58. The van der Waals surface area contributed by atoms with Crippen molar-refractivity contribution < 1.29 is 9.59 Å². The first-order valence-corrected chi connectivity index (χ1v) is 5.28. The normalized spacial score (nSPS) is 24.1. The van der Waals surface area contributed by atoms with Crippen LogP contribution in [-0.2, 0) is 9.59 Å². The molecule has 4 heteroatoms. The van der Waals surface area contributed by atoms with Crippen molar-refractivity contribution in [2.75, 3.05) is 13.1 Å². The van der Waals surface area contributed by atoms with Crippen LogP contribution in [0.1, 0.15) is 33.1 Å². The van der Waals surface area contributed by atoms with Crippen molar-refractivity contribution in [3.8, 4) is 0 Å². The van der Waals surface area contributed by atoms with Gasteiger partial charge in [0.15, 0.2) is 0 Å². The number of hydrogen-bond donors (Lipinski definition) is 2. The summed E-state index contributed by atoms with van der Waals surface area (Å²) in [6, 6.07) is 0. The highest BCUT2D eigenvalue weighted by molar-refractivity contribution is 6.05. The number of nitrogens with one attached hydrogen (secondary N) is 2. The van der Waals surface area contributed by atoms with Crippen LogP contribution in [0.4, 0.5) is 0 Å². The summed E-state index contributed by atoms with van der Waals surface area (Å²) < 4.78 is 0. The first-order valence-electron chi connectivity index (χ1n) is 5.28. The molecule has 80 valence electrons. The van der Waals surface area contributed by atoms with E-state index < -0.39 is 0 Å². The second-order valence-electron chi connectivity index (χ2n) is 3.58. The topological polar surface area (TPSA) is 58.2 Å². The third kappa shape index (κ3) is 1.95. The minimum Gasteiger partial charge on any atom is -0.317 e. The second kappa shape index (κ2) is 4.55. The van der Waals surface area contributed by atoms with Crippen LogP contribution in [0.2, 0.25) is 0 Å². The molecule has 0 unspecified atom stereocenters. The molecule has 2 N–H and O–H groups in total. The minimum absolute atomic E-state index is 0.0611. The standard InChI is InChI=1S/C8H12N2O2.C2H6/c11-6-5-8(7(12)10-6)1-3-9-4-2-8;1-2/h9H,1-5H2,(H,10,11,12);1-2H3. The fourth-order valence-electron chi connectivity index (χ4n) is 2.00. The number of carbonyl (C=O) groups excluding carboxylic acids is 2. The van der Waals surface area contributed by atoms with Crippen LogP contribution < -0.4 is 10.6 Å². The van der Waals surface area contributed by atoms with Gasteiger partial charge in [-0.1, -0.05) is 13.8 Å². The highest BCUT2D eigenvalue weighted by atomic mass is 16.2. The van der Waals surface area contributed by atoms with Gasteiger partial charge in [-0.05, 0) is 25.9 Å². The number of hydrogen-bond acceptors (Lipinski definition) is 3. The van der Waals surface area contributed by atoms with E-state index in [0.29, 0.717) is 6.42 Å². The molecule has 2 heterocycles. The average molecular weight is 198 g/mol. The monoisotopic (exact) mass is 198 g/mol. The van der Waals surface area contributed by atoms with Crippen molar-refractivity contribution in [1.29, 1.82) is 0 Å². The molecular weight excluding hydrogens is 180 g/mol. The lowest BCUT2D eigenvalue weighted by Gasteiger charge is -2.29. The molecule has 2 amide bonds. The largest absolute Gasteiger partial charge is 0.317 e. The summed E-state index contributed by atoms with van der Waals surface area (Å²) >= 11 is 0. The highest BCUT2D eigenvalue weighted by Gasteiger charge is 2.46. The van der Waals surface area contributed by atoms with Crippen LogP contribution in [-0.4, -0.2) is 24.9 Å². The minimum atomic E-state index is -0.359. The van der Waals surface area contributed by atoms with Gasteiger partial charge < -0.3 is 5.32 Å². The van der Waals surface area contributed by atoms with E-state index in [0.717, 1.165) is 25.9 Å². The van der Waals surface area contributed by atoms with Crippen LogP contribution in [0.25, 0.3) is 0 Å². The molecule has 0 aliphatic carbocycles. The van der Waals surface area contributed by atoms with Gasteiger partial charge in [-0.15, -0.1) is 0 Å². The van der Waals surface area contributed by atoms with Crippen LogP contribution in [0.3, 0.4) is 0 Å². The third-order valence-corrected chi connectivity index (χ3v) is 2.79. The van der Waals surface area contributed by atoms with Gasteiger partial charge in [0.1, 0.15) is 0 Å². The lowest BCUT2D eigenvalue weighted by atomic mass is 9.78. The Morgan fingerprint density at radius 2 is 1.71 bits per heavy atom. The maximum absolute atomic E-state index is 11.4. The van der Waals surface area contributed by atoms with Crippen molar-refractivity contribution in [2.24, 2.45) is 5.41 Å². The summed E-state index contributed by atoms with van der Waals surface area (Å²) in [7, 11) is 0. The van der Waals surface area contributed by atoms with Gasteiger partial charge >= 0.3 is 0 Å². The predicted molar refractivity (Wildman–Crippen MR) is 53.7 cm³/mol. The van der Waals surface area contributed by atoms with Gasteiger partial charge in [-0.2, -0.15) is 0 Å². The van der Waals surface area contributed by atoms with Crippen LogP contribution in [0, 0.1) is 5.41 Å². The lowest BCUT2D eigenvalue weighted by molar-refractivity contribution is -0.129. The van der Waals surface area contributed by atoms with Crippen molar-refractivity contribution in [2.45, 2.75) is 33.1 Å². The smallest absolute Gasteiger partial charge is 0.233 e. The molecule has 2 saturated heterocycles. The molecule has 2 fully saturated rings. The number of rotatable bonds is 0. The molecular formula is C10H18N2O2. The Hall–Kier alpha value is -0.900. The first kappa shape index (κ1) is 11.2. The molecule has 2 rings (SSSR count). The Morgan fingerprint density at radius 1 is 1.14 bits per heavy atom. The predicted octanol–water partition coefficient (Wildman–Crippen LogP) is 0.429. The molecule has 0 bridgehead atoms. The van der Waals surface area contributed by atoms with E-state index in [1.807, 2.05) is 13.8 Å². The Balaban J connectivity index is 0.000000461. The molecule has 0 saturated carbocycles. The van der Waals surface area contributed by atoms with Gasteiger partial charge in [-0.25, -0.2) is 0 Å². The van der Waals surface area contributed by atoms with Crippen molar-refractivity contribution in [3.63, 3.8) is 0 Å². The van der Waals surface area contributed by atoms with Crippen LogP contribution in [0.15, 0.2) is 0 Å². The van der Waals surface area contributed by atoms with E-state index in [-0.39, 0.29) is 17.2 Å². The van der Waals surface area contributed by atoms with Crippen LogP contribution in [0.5, 0.6) is 0 Å². The molecule has 14 heavy (non-hydrogen) atoms. The van der Waals surface area contributed by atoms with Gasteiger partial charge in [0.05, 0.1) is 5.41 Å². The maximum atomic E-state index is 11.4. The fraction of sp³-hybridized carbons (Fsp3) is 0.800. The zero-order valence-electron chi connectivity index (χ0n) is 8.85. The summed E-state index contributed by atoms with van der Waals surface area (Å²) in [5, 5.41) is 5.55. The van der Waals surface area contributed by atoms with E-state index in [1.54, 1.807) is 0 Å². The number of carbonyl (C=O) groups is 2. The average Bonchev–Trinajstić information content (AvgIpc) is 2.46. The Morgan fingerprint density at radius 3 is 2.14 bits per heavy atom. The molecule has 2 aliphatic heterocycles. The zero-order chi connectivity index (χ0) is 10.6. The first-order chi connectivity index (χ1) is 6.73. The molecule has 2 aliphatic rings. The zero-order valence-corrected chi connectivity index (χ0v) is 8.85. The molecule has 4 nitrogen and oxygen atoms in total. The number of amides is 2. The van der Waals surface area contributed by atoms with E-state index in [1.165, 1.54) is 0 Å². The third-order valence-electron chi connectivity index (χ3n) is 2.79. The van der Waals surface area contributed by atoms with Crippen LogP contribution >= 0.6 is 0 Å². The van der Waals surface area contributed by atoms with Gasteiger partial charge in [-0.3, -0.25) is 14.9 Å². The Bertz CT molecular complexity index is 232. The maximum Gasteiger partial charge on any atom is 0.233 e. The van der Waals surface area contributed by atoms with E-state index in [2.05, 4.69) is 10.6 Å². The molecule has 0 aromatic carbocycles. The molecule has 0 aromatic rings. The Labute approximate surface area is 84.4 Å². The van der Waals surface area contributed by atoms with Crippen molar-refractivity contribution >= 4 is 11.8 Å². The van der Waals surface area contributed by atoms with Gasteiger partial charge in [0, 0.05) is 6.42 Å². The molecule has 1 spiro atoms. The van der Waals surface area contributed by atoms with E-state index >= 15 is 0 Å². The lowest BCUT2D eigenvalue weighted by Crippen LogP contribution is -2.41. The highest BCUT2D eigenvalue weighted by Crippen LogP contribution is 2.36. The van der Waals surface area contributed by atoms with Gasteiger partial charge in [0.2, 0.25) is 11.8 Å². The summed E-state index contributed by atoms with van der Waals surface area (Å²) in [5.41, 5.74) is -0.359. The molecule has 0 atom stereocenters. The number of imide groups is 1. The van der Waals surface area contributed by atoms with E-state index in [9.17, 15) is 9.59 Å². The summed E-state index contributed by atoms with van der Waals surface area (Å²) in [6.45, 7) is 5.70. The van der Waals surface area contributed by atoms with E-state index in [4.69, 9.17) is 0 Å². The SMILES string of the molecule is CC.O=C1CC2(CCNCC2)C(=O)N1. The summed E-state index contributed by atoms with van der Waals surface area (Å²) in [6.07, 6.45) is 1.99. The summed E-state index contributed by atoms with van der Waals surface area (Å²) in [4.78, 5) is 22.4. The quantitative estimate of drug-likeness (QED) is 0.555. The van der Waals surface area contributed by atoms with Crippen molar-refractivity contribution in [3.05, 3.63) is 0 Å². The fourth-order valence-corrected chi connectivity index (χ4v) is 2.00. The van der Waals surface area contributed by atoms with Gasteiger partial charge in [0.25, 0.3) is 0 Å². The van der Waals surface area contributed by atoms with Crippen molar-refractivity contribution in [1.82, 2.24) is 10.6 Å². The number of piperidine rings is 1. The summed E-state index contributed by atoms with van der Waals surface area (Å²) in [5.74, 6) is -0.170. The molecule has 0 radical (unpaired) electrons. The molecule has 0 aromatic heterocycles. The Kier molecular flexibility index (Phi) is 3.63.